The average molecular weight is 276 g/mol. The molecule has 3 rings (SSSR count). The zero-order chi connectivity index (χ0) is 13.2. The number of primary amides is 1. The molecule has 0 unspecified atom stereocenters. The number of thiophene rings is 1. The Hall–Kier alpha value is -2.21. The van der Waals surface area contributed by atoms with Crippen molar-refractivity contribution < 1.29 is 14.3 Å². The predicted octanol–water partition coefficient (Wildman–Crippen LogP) is 2.19. The van der Waals surface area contributed by atoms with Gasteiger partial charge in [0, 0.05) is 28.6 Å². The van der Waals surface area contributed by atoms with Gasteiger partial charge in [-0.2, -0.15) is 0 Å². The average Bonchev–Trinajstić information content (AvgIpc) is 3.04. The number of hydrogen-bond donors (Lipinski definition) is 2. The van der Waals surface area contributed by atoms with E-state index in [-0.39, 0.29) is 6.79 Å². The number of amides is 1. The molecule has 1 amide bonds. The van der Waals surface area contributed by atoms with Gasteiger partial charge in [0.2, 0.25) is 12.7 Å². The van der Waals surface area contributed by atoms with E-state index in [2.05, 4.69) is 5.32 Å². The predicted molar refractivity (Wildman–Crippen MR) is 72.7 cm³/mol. The number of benzene rings is 1. The molecule has 5 nitrogen and oxygen atoms in total. The molecule has 1 aromatic carbocycles. The number of ether oxygens (including phenoxy) is 2. The molecule has 6 heteroatoms. The highest BCUT2D eigenvalue weighted by molar-refractivity contribution is 7.10. The fourth-order valence-corrected chi connectivity index (χ4v) is 2.61. The van der Waals surface area contributed by atoms with Crippen molar-refractivity contribution in [3.63, 3.8) is 0 Å². The summed E-state index contributed by atoms with van der Waals surface area (Å²) in [5.41, 5.74) is 6.70. The van der Waals surface area contributed by atoms with Crippen molar-refractivity contribution in [1.29, 1.82) is 0 Å². The SMILES string of the molecule is NC(=O)c1csc(CNc2ccc3c(c2)OCO3)c1. The number of nitrogens with one attached hydrogen (secondary N) is 1. The lowest BCUT2D eigenvalue weighted by Gasteiger charge is -2.05. The summed E-state index contributed by atoms with van der Waals surface area (Å²) in [6, 6.07) is 7.49. The summed E-state index contributed by atoms with van der Waals surface area (Å²) in [7, 11) is 0. The second-order valence-corrected chi connectivity index (χ2v) is 5.08. The molecule has 2 heterocycles. The second kappa shape index (κ2) is 4.81. The first-order chi connectivity index (χ1) is 9.22. The van der Waals surface area contributed by atoms with Gasteiger partial charge in [-0.25, -0.2) is 0 Å². The summed E-state index contributed by atoms with van der Waals surface area (Å²) < 4.78 is 10.6. The monoisotopic (exact) mass is 276 g/mol. The van der Waals surface area contributed by atoms with E-state index in [0.29, 0.717) is 12.1 Å². The molecule has 0 bridgehead atoms. The van der Waals surface area contributed by atoms with Crippen molar-refractivity contribution >= 4 is 22.9 Å². The summed E-state index contributed by atoms with van der Waals surface area (Å²) in [6.45, 7) is 0.906. The zero-order valence-electron chi connectivity index (χ0n) is 10.0. The fraction of sp³-hybridized carbons (Fsp3) is 0.154. The van der Waals surface area contributed by atoms with Crippen molar-refractivity contribution in [1.82, 2.24) is 0 Å². The number of anilines is 1. The highest BCUT2D eigenvalue weighted by Gasteiger charge is 2.13. The van der Waals surface area contributed by atoms with Crippen LogP contribution in [0.1, 0.15) is 15.2 Å². The summed E-state index contributed by atoms with van der Waals surface area (Å²) in [4.78, 5) is 12.0. The van der Waals surface area contributed by atoms with Crippen LogP contribution in [-0.2, 0) is 6.54 Å². The molecule has 98 valence electrons. The van der Waals surface area contributed by atoms with Gasteiger partial charge >= 0.3 is 0 Å². The van der Waals surface area contributed by atoms with E-state index < -0.39 is 5.91 Å². The standard InChI is InChI=1S/C13H12N2O3S/c14-13(16)8-3-10(19-6-8)5-15-9-1-2-11-12(4-9)18-7-17-11/h1-4,6,15H,5,7H2,(H2,14,16). The molecule has 0 aliphatic carbocycles. The summed E-state index contributed by atoms with van der Waals surface area (Å²) in [6.07, 6.45) is 0. The minimum absolute atomic E-state index is 0.270. The maximum atomic E-state index is 11.0. The van der Waals surface area contributed by atoms with Gasteiger partial charge in [0.1, 0.15) is 0 Å². The first-order valence-corrected chi connectivity index (χ1v) is 6.61. The number of hydrogen-bond acceptors (Lipinski definition) is 5. The molecule has 0 saturated carbocycles. The first kappa shape index (κ1) is 11.9. The molecule has 0 fully saturated rings. The minimum Gasteiger partial charge on any atom is -0.454 e. The maximum absolute atomic E-state index is 11.0. The highest BCUT2D eigenvalue weighted by atomic mass is 32.1. The maximum Gasteiger partial charge on any atom is 0.249 e. The molecular formula is C13H12N2O3S. The van der Waals surface area contributed by atoms with E-state index in [4.69, 9.17) is 15.2 Å². The zero-order valence-corrected chi connectivity index (χ0v) is 10.8. The Morgan fingerprint density at radius 1 is 1.32 bits per heavy atom. The minimum atomic E-state index is -0.398. The lowest BCUT2D eigenvalue weighted by atomic mass is 10.2. The molecule has 0 spiro atoms. The van der Waals surface area contributed by atoms with E-state index in [1.54, 1.807) is 11.4 Å². The molecule has 0 saturated heterocycles. The van der Waals surface area contributed by atoms with Crippen LogP contribution in [0.3, 0.4) is 0 Å². The van der Waals surface area contributed by atoms with E-state index in [9.17, 15) is 4.79 Å². The Labute approximate surface area is 113 Å². The molecule has 1 aliphatic rings. The largest absolute Gasteiger partial charge is 0.454 e. The lowest BCUT2D eigenvalue weighted by molar-refractivity contribution is 0.100. The van der Waals surface area contributed by atoms with Gasteiger partial charge in [-0.1, -0.05) is 0 Å². The van der Waals surface area contributed by atoms with Crippen LogP contribution in [0.25, 0.3) is 0 Å². The number of fused-ring (bicyclic) bond motifs is 1. The Kier molecular flexibility index (Phi) is 3.00. The summed E-state index contributed by atoms with van der Waals surface area (Å²) in [5, 5.41) is 5.03. The van der Waals surface area contributed by atoms with Gasteiger partial charge in [0.25, 0.3) is 0 Å². The van der Waals surface area contributed by atoms with Gasteiger partial charge in [-0.3, -0.25) is 4.79 Å². The van der Waals surface area contributed by atoms with Crippen LogP contribution < -0.4 is 20.5 Å². The molecule has 1 aliphatic heterocycles. The first-order valence-electron chi connectivity index (χ1n) is 5.73. The third-order valence-corrected chi connectivity index (χ3v) is 3.71. The van der Waals surface area contributed by atoms with Crippen LogP contribution in [-0.4, -0.2) is 12.7 Å². The molecule has 2 aromatic rings. The van der Waals surface area contributed by atoms with E-state index in [0.717, 1.165) is 22.1 Å². The molecule has 0 radical (unpaired) electrons. The van der Waals surface area contributed by atoms with Gasteiger partial charge < -0.3 is 20.5 Å². The van der Waals surface area contributed by atoms with Crippen LogP contribution in [0, 0.1) is 0 Å². The van der Waals surface area contributed by atoms with E-state index >= 15 is 0 Å². The highest BCUT2D eigenvalue weighted by Crippen LogP contribution is 2.34. The third kappa shape index (κ3) is 2.48. The van der Waals surface area contributed by atoms with Crippen molar-refractivity contribution in [2.24, 2.45) is 5.73 Å². The van der Waals surface area contributed by atoms with Crippen LogP contribution in [0.4, 0.5) is 5.69 Å². The lowest BCUT2D eigenvalue weighted by Crippen LogP contribution is -2.09. The molecular weight excluding hydrogens is 264 g/mol. The summed E-state index contributed by atoms with van der Waals surface area (Å²) in [5.74, 6) is 1.11. The van der Waals surface area contributed by atoms with Crippen molar-refractivity contribution in [3.05, 3.63) is 40.1 Å². The Morgan fingerprint density at radius 2 is 2.16 bits per heavy atom. The molecule has 0 atom stereocenters. The van der Waals surface area contributed by atoms with Gasteiger partial charge in [0.15, 0.2) is 11.5 Å². The summed E-state index contributed by atoms with van der Waals surface area (Å²) >= 11 is 1.50. The Balaban J connectivity index is 1.67. The van der Waals surface area contributed by atoms with E-state index in [1.807, 2.05) is 18.2 Å². The Bertz CT molecular complexity index is 624. The normalized spacial score (nSPS) is 12.4. The van der Waals surface area contributed by atoms with Gasteiger partial charge in [-0.15, -0.1) is 11.3 Å². The number of carbonyl (C=O) groups is 1. The topological polar surface area (TPSA) is 73.6 Å². The van der Waals surface area contributed by atoms with Crippen molar-refractivity contribution in [2.75, 3.05) is 12.1 Å². The quantitative estimate of drug-likeness (QED) is 0.897. The number of carbonyl (C=O) groups excluding carboxylic acids is 1. The van der Waals surface area contributed by atoms with Gasteiger partial charge in [0.05, 0.1) is 5.56 Å². The van der Waals surface area contributed by atoms with Crippen molar-refractivity contribution in [2.45, 2.75) is 6.54 Å². The second-order valence-electron chi connectivity index (χ2n) is 4.09. The number of rotatable bonds is 4. The van der Waals surface area contributed by atoms with Gasteiger partial charge in [-0.05, 0) is 18.2 Å². The van der Waals surface area contributed by atoms with Crippen LogP contribution >= 0.6 is 11.3 Å². The smallest absolute Gasteiger partial charge is 0.249 e. The van der Waals surface area contributed by atoms with Crippen molar-refractivity contribution in [3.8, 4) is 11.5 Å². The third-order valence-electron chi connectivity index (χ3n) is 2.78. The fourth-order valence-electron chi connectivity index (χ4n) is 1.80. The number of nitrogens with two attached hydrogens (primary N) is 1. The van der Waals surface area contributed by atoms with Crippen LogP contribution in [0.15, 0.2) is 29.6 Å². The molecule has 1 aromatic heterocycles. The Morgan fingerprint density at radius 3 is 2.95 bits per heavy atom. The molecule has 3 N–H and O–H groups in total. The van der Waals surface area contributed by atoms with Crippen LogP contribution in [0.5, 0.6) is 11.5 Å². The molecule has 19 heavy (non-hydrogen) atoms. The van der Waals surface area contributed by atoms with Crippen LogP contribution in [0.2, 0.25) is 0 Å². The van der Waals surface area contributed by atoms with E-state index in [1.165, 1.54) is 11.3 Å².